The average Bonchev–Trinajstić information content (AvgIpc) is 2.53. The molecule has 0 radical (unpaired) electrons. The van der Waals surface area contributed by atoms with E-state index in [-0.39, 0.29) is 22.8 Å². The quantitative estimate of drug-likeness (QED) is 0.525. The van der Waals surface area contributed by atoms with E-state index in [0.717, 1.165) is 17.7 Å². The summed E-state index contributed by atoms with van der Waals surface area (Å²) in [6.07, 6.45) is -9.13. The fourth-order valence-electron chi connectivity index (χ4n) is 2.50. The summed E-state index contributed by atoms with van der Waals surface area (Å²) < 4.78 is 83.2. The second-order valence-electron chi connectivity index (χ2n) is 6.63. The number of rotatable bonds is 4. The lowest BCUT2D eigenvalue weighted by atomic mass is 9.95. The predicted molar refractivity (Wildman–Crippen MR) is 90.7 cm³/mol. The summed E-state index contributed by atoms with van der Waals surface area (Å²) >= 11 is 0. The molecule has 0 aliphatic carbocycles. The van der Waals surface area contributed by atoms with Crippen LogP contribution in [0.25, 0.3) is 11.1 Å². The summed E-state index contributed by atoms with van der Waals surface area (Å²) in [5.74, 6) is 0. The first-order chi connectivity index (χ1) is 11.8. The first kappa shape index (κ1) is 20.5. The summed E-state index contributed by atoms with van der Waals surface area (Å²) in [5.41, 5.74) is -1.97. The SMILES string of the molecule is CC(C)(Cc1ccc(-c2cc(C(F)(F)F)cc(C(F)(F)F)c2)cc1)O[SiH3]. The zero-order chi connectivity index (χ0) is 19.8. The van der Waals surface area contributed by atoms with Crippen molar-refractivity contribution in [3.8, 4) is 11.1 Å². The zero-order valence-corrected chi connectivity index (χ0v) is 16.4. The van der Waals surface area contributed by atoms with Crippen LogP contribution in [0.5, 0.6) is 0 Å². The number of halogens is 6. The Morgan fingerprint density at radius 2 is 1.23 bits per heavy atom. The van der Waals surface area contributed by atoms with E-state index in [9.17, 15) is 26.3 Å². The predicted octanol–water partition coefficient (Wildman–Crippen LogP) is 5.01. The minimum absolute atomic E-state index is 0.128. The highest BCUT2D eigenvalue weighted by Gasteiger charge is 2.37. The molecule has 0 amide bonds. The molecule has 2 aromatic rings. The van der Waals surface area contributed by atoms with Crippen molar-refractivity contribution in [1.82, 2.24) is 0 Å². The van der Waals surface area contributed by atoms with Gasteiger partial charge in [-0.05, 0) is 55.2 Å². The van der Waals surface area contributed by atoms with Gasteiger partial charge in [-0.15, -0.1) is 0 Å². The first-order valence-corrected chi connectivity index (χ1v) is 8.57. The molecule has 0 bridgehead atoms. The maximum Gasteiger partial charge on any atom is 0.416 e. The van der Waals surface area contributed by atoms with Crippen molar-refractivity contribution in [2.75, 3.05) is 0 Å². The molecule has 0 saturated heterocycles. The molecule has 0 spiro atoms. The van der Waals surface area contributed by atoms with Crippen molar-refractivity contribution in [2.24, 2.45) is 0 Å². The van der Waals surface area contributed by atoms with Gasteiger partial charge in [-0.25, -0.2) is 0 Å². The van der Waals surface area contributed by atoms with Gasteiger partial charge in [0.25, 0.3) is 0 Å². The van der Waals surface area contributed by atoms with Gasteiger partial charge in [0.2, 0.25) is 0 Å². The molecule has 0 aromatic heterocycles. The Balaban J connectivity index is 2.44. The monoisotopic (exact) mass is 392 g/mol. The lowest BCUT2D eigenvalue weighted by Crippen LogP contribution is -2.26. The highest BCUT2D eigenvalue weighted by Crippen LogP contribution is 2.38. The molecule has 0 saturated carbocycles. The van der Waals surface area contributed by atoms with Crippen molar-refractivity contribution in [2.45, 2.75) is 38.2 Å². The molecule has 26 heavy (non-hydrogen) atoms. The van der Waals surface area contributed by atoms with Crippen LogP contribution in [0.3, 0.4) is 0 Å². The standard InChI is InChI=1S/C18H18F6OSi/c1-16(2,25-26)10-11-3-5-12(6-4-11)13-7-14(17(19,20)21)9-15(8-13)18(22,23)24/h3-9H,10H2,1-2,26H3. The van der Waals surface area contributed by atoms with E-state index < -0.39 is 23.5 Å². The largest absolute Gasteiger partial charge is 0.423 e. The fraction of sp³-hybridized carbons (Fsp3) is 0.333. The Labute approximate surface area is 150 Å². The Kier molecular flexibility index (Phi) is 5.58. The zero-order valence-electron chi connectivity index (χ0n) is 14.4. The van der Waals surface area contributed by atoms with Crippen LogP contribution in [-0.2, 0) is 23.2 Å². The van der Waals surface area contributed by atoms with Crippen molar-refractivity contribution < 1.29 is 30.8 Å². The second-order valence-corrected chi connectivity index (χ2v) is 7.04. The van der Waals surface area contributed by atoms with E-state index in [0.29, 0.717) is 16.9 Å². The van der Waals surface area contributed by atoms with Crippen molar-refractivity contribution in [3.63, 3.8) is 0 Å². The van der Waals surface area contributed by atoms with E-state index in [1.165, 1.54) is 12.1 Å². The van der Waals surface area contributed by atoms with Gasteiger partial charge < -0.3 is 4.43 Å². The summed E-state index contributed by atoms with van der Waals surface area (Å²) in [5, 5.41) is 0. The van der Waals surface area contributed by atoms with Crippen LogP contribution in [0, 0.1) is 0 Å². The lowest BCUT2D eigenvalue weighted by molar-refractivity contribution is -0.143. The molecule has 8 heteroatoms. The Morgan fingerprint density at radius 1 is 0.769 bits per heavy atom. The van der Waals surface area contributed by atoms with Crippen molar-refractivity contribution >= 4 is 10.5 Å². The topological polar surface area (TPSA) is 9.23 Å². The third-order valence-corrected chi connectivity index (χ3v) is 5.16. The molecule has 1 nitrogen and oxygen atoms in total. The highest BCUT2D eigenvalue weighted by molar-refractivity contribution is 5.98. The second kappa shape index (κ2) is 7.07. The van der Waals surface area contributed by atoms with Gasteiger partial charge in [0, 0.05) is 0 Å². The third-order valence-electron chi connectivity index (χ3n) is 4.06. The van der Waals surface area contributed by atoms with E-state index in [4.69, 9.17) is 4.43 Å². The van der Waals surface area contributed by atoms with Crippen molar-refractivity contribution in [1.29, 1.82) is 0 Å². The molecule has 0 aliphatic heterocycles. The number of alkyl halides is 6. The van der Waals surface area contributed by atoms with E-state index in [1.54, 1.807) is 12.1 Å². The fourth-order valence-corrected chi connectivity index (χ4v) is 2.64. The average molecular weight is 392 g/mol. The minimum Gasteiger partial charge on any atom is -0.423 e. The molecule has 2 aromatic carbocycles. The molecule has 0 aliphatic rings. The minimum atomic E-state index is -4.86. The molecule has 0 N–H and O–H groups in total. The smallest absolute Gasteiger partial charge is 0.416 e. The van der Waals surface area contributed by atoms with Crippen LogP contribution in [-0.4, -0.2) is 16.1 Å². The lowest BCUT2D eigenvalue weighted by Gasteiger charge is -2.23. The molecule has 0 unspecified atom stereocenters. The van der Waals surface area contributed by atoms with Gasteiger partial charge in [0.05, 0.1) is 16.7 Å². The number of hydrogen-bond donors (Lipinski definition) is 0. The van der Waals surface area contributed by atoms with Crippen LogP contribution in [0.4, 0.5) is 26.3 Å². The van der Waals surface area contributed by atoms with Crippen molar-refractivity contribution in [3.05, 3.63) is 59.2 Å². The summed E-state index contributed by atoms with van der Waals surface area (Å²) in [6.45, 7) is 3.83. The summed E-state index contributed by atoms with van der Waals surface area (Å²) in [7, 11) is 0.562. The van der Waals surface area contributed by atoms with Gasteiger partial charge in [0.15, 0.2) is 0 Å². The van der Waals surface area contributed by atoms with Gasteiger partial charge in [-0.1, -0.05) is 24.3 Å². The van der Waals surface area contributed by atoms with Crippen LogP contribution in [0.15, 0.2) is 42.5 Å². The van der Waals surface area contributed by atoms with Gasteiger partial charge in [0.1, 0.15) is 10.5 Å². The third kappa shape index (κ3) is 5.11. The van der Waals surface area contributed by atoms with Crippen LogP contribution in [0.1, 0.15) is 30.5 Å². The molecule has 0 heterocycles. The van der Waals surface area contributed by atoms with E-state index in [2.05, 4.69) is 0 Å². The van der Waals surface area contributed by atoms with Gasteiger partial charge >= 0.3 is 12.4 Å². The number of benzene rings is 2. The number of hydrogen-bond acceptors (Lipinski definition) is 1. The maximum atomic E-state index is 13.0. The van der Waals surface area contributed by atoms with Crippen LogP contribution < -0.4 is 0 Å². The van der Waals surface area contributed by atoms with E-state index in [1.807, 2.05) is 13.8 Å². The van der Waals surface area contributed by atoms with Crippen LogP contribution >= 0.6 is 0 Å². The molecular weight excluding hydrogens is 374 g/mol. The van der Waals surface area contributed by atoms with Crippen LogP contribution in [0.2, 0.25) is 0 Å². The molecule has 0 atom stereocenters. The molecule has 142 valence electrons. The molecule has 0 fully saturated rings. The normalized spacial score (nSPS) is 13.2. The summed E-state index contributed by atoms with van der Waals surface area (Å²) in [6, 6.07) is 8.01. The van der Waals surface area contributed by atoms with Gasteiger partial charge in [-0.3, -0.25) is 0 Å². The first-order valence-electron chi connectivity index (χ1n) is 7.76. The van der Waals surface area contributed by atoms with Gasteiger partial charge in [-0.2, -0.15) is 26.3 Å². The molecule has 2 rings (SSSR count). The van der Waals surface area contributed by atoms with E-state index >= 15 is 0 Å². The molecular formula is C18H18F6OSi. The Hall–Kier alpha value is -1.80. The Bertz CT molecular complexity index is 730. The Morgan fingerprint density at radius 3 is 1.62 bits per heavy atom. The summed E-state index contributed by atoms with van der Waals surface area (Å²) in [4.78, 5) is 0. The highest BCUT2D eigenvalue weighted by atomic mass is 28.2. The maximum absolute atomic E-state index is 13.0.